The van der Waals surface area contributed by atoms with Gasteiger partial charge in [-0.2, -0.15) is 0 Å². The summed E-state index contributed by atoms with van der Waals surface area (Å²) < 4.78 is 5.24. The van der Waals surface area contributed by atoms with Crippen LogP contribution >= 0.6 is 11.6 Å². The first-order chi connectivity index (χ1) is 10.7. The van der Waals surface area contributed by atoms with E-state index in [1.54, 1.807) is 18.3 Å². The zero-order valence-corrected chi connectivity index (χ0v) is 13.5. The molecule has 22 heavy (non-hydrogen) atoms. The third-order valence-corrected chi connectivity index (χ3v) is 3.76. The molecule has 0 bridgehead atoms. The Morgan fingerprint density at radius 2 is 1.91 bits per heavy atom. The second kappa shape index (κ2) is 8.54. The molecular formula is C18H20ClNO2. The van der Waals surface area contributed by atoms with E-state index < -0.39 is 0 Å². The van der Waals surface area contributed by atoms with E-state index in [0.717, 1.165) is 12.0 Å². The highest BCUT2D eigenvalue weighted by Crippen LogP contribution is 2.13. The van der Waals surface area contributed by atoms with Gasteiger partial charge in [0.1, 0.15) is 11.8 Å². The molecule has 0 amide bonds. The van der Waals surface area contributed by atoms with Gasteiger partial charge in [-0.3, -0.25) is 4.79 Å². The molecule has 0 saturated heterocycles. The molecule has 0 unspecified atom stereocenters. The third kappa shape index (κ3) is 5.15. The number of hydrogen-bond acceptors (Lipinski definition) is 3. The Balaban J connectivity index is 1.83. The van der Waals surface area contributed by atoms with E-state index in [2.05, 4.69) is 24.0 Å². The van der Waals surface area contributed by atoms with E-state index in [-0.39, 0.29) is 19.0 Å². The summed E-state index contributed by atoms with van der Waals surface area (Å²) in [5, 5.41) is 0.371. The van der Waals surface area contributed by atoms with Crippen LogP contribution in [0.4, 0.5) is 0 Å². The molecule has 0 radical (unpaired) electrons. The lowest BCUT2D eigenvalue weighted by molar-refractivity contribution is -0.144. The van der Waals surface area contributed by atoms with Crippen molar-refractivity contribution in [2.75, 3.05) is 0 Å². The zero-order chi connectivity index (χ0) is 15.8. The summed E-state index contributed by atoms with van der Waals surface area (Å²) in [6.07, 6.45) is 5.33. The van der Waals surface area contributed by atoms with Crippen molar-refractivity contribution in [2.45, 2.75) is 39.2 Å². The van der Waals surface area contributed by atoms with E-state index in [1.807, 2.05) is 12.1 Å². The van der Waals surface area contributed by atoms with Crippen LogP contribution in [0.25, 0.3) is 0 Å². The fourth-order valence-electron chi connectivity index (χ4n) is 2.11. The molecule has 4 heteroatoms. The maximum absolute atomic E-state index is 11.9. The number of benzene rings is 1. The van der Waals surface area contributed by atoms with Gasteiger partial charge in [0.05, 0.1) is 6.42 Å². The Bertz CT molecular complexity index is 611. The number of ether oxygens (including phenoxy) is 1. The van der Waals surface area contributed by atoms with Crippen molar-refractivity contribution in [3.63, 3.8) is 0 Å². The summed E-state index contributed by atoms with van der Waals surface area (Å²) in [6, 6.07) is 11.7. The number of rotatable bonds is 7. The molecule has 0 atom stereocenters. The van der Waals surface area contributed by atoms with Gasteiger partial charge in [0.2, 0.25) is 0 Å². The Kier molecular flexibility index (Phi) is 6.41. The minimum absolute atomic E-state index is 0.153. The number of aryl methyl sites for hydroxylation is 1. The van der Waals surface area contributed by atoms with E-state index in [9.17, 15) is 4.79 Å². The second-order valence-electron chi connectivity index (χ2n) is 5.21. The molecule has 0 saturated carbocycles. The Hall–Kier alpha value is -1.87. The number of hydrogen-bond donors (Lipinski definition) is 0. The summed E-state index contributed by atoms with van der Waals surface area (Å²) in [4.78, 5) is 15.8. The van der Waals surface area contributed by atoms with E-state index in [4.69, 9.17) is 16.3 Å². The predicted octanol–water partition coefficient (Wildman–Crippen LogP) is 4.36. The van der Waals surface area contributed by atoms with Gasteiger partial charge in [0.15, 0.2) is 0 Å². The van der Waals surface area contributed by atoms with Crippen molar-refractivity contribution in [1.82, 2.24) is 4.98 Å². The number of carbonyl (C=O) groups excluding carboxylic acids is 1. The lowest BCUT2D eigenvalue weighted by atomic mass is 10.1. The Labute approximate surface area is 136 Å². The average molecular weight is 318 g/mol. The number of carbonyl (C=O) groups is 1. The van der Waals surface area contributed by atoms with Crippen LogP contribution in [0.5, 0.6) is 0 Å². The lowest BCUT2D eigenvalue weighted by Gasteiger charge is -2.07. The first-order valence-electron chi connectivity index (χ1n) is 7.52. The van der Waals surface area contributed by atoms with Crippen LogP contribution in [0, 0.1) is 0 Å². The van der Waals surface area contributed by atoms with Gasteiger partial charge < -0.3 is 4.74 Å². The van der Waals surface area contributed by atoms with Crippen LogP contribution in [0.1, 0.15) is 36.5 Å². The van der Waals surface area contributed by atoms with Crippen LogP contribution in [-0.4, -0.2) is 11.0 Å². The standard InChI is InChI=1S/C18H20ClNO2/c1-2-3-5-14-7-9-15(10-8-14)12-17(21)22-13-16-6-4-11-20-18(16)19/h4,6-11H,2-3,5,12-13H2,1H3. The highest BCUT2D eigenvalue weighted by atomic mass is 35.5. The fourth-order valence-corrected chi connectivity index (χ4v) is 2.28. The van der Waals surface area contributed by atoms with Crippen molar-refractivity contribution in [2.24, 2.45) is 0 Å². The van der Waals surface area contributed by atoms with Crippen molar-refractivity contribution < 1.29 is 9.53 Å². The average Bonchev–Trinajstić information content (AvgIpc) is 2.53. The Morgan fingerprint density at radius 3 is 2.59 bits per heavy atom. The highest BCUT2D eigenvalue weighted by molar-refractivity contribution is 6.30. The van der Waals surface area contributed by atoms with Crippen LogP contribution in [0.15, 0.2) is 42.6 Å². The second-order valence-corrected chi connectivity index (χ2v) is 5.57. The zero-order valence-electron chi connectivity index (χ0n) is 12.7. The minimum atomic E-state index is -0.263. The number of esters is 1. The third-order valence-electron chi connectivity index (χ3n) is 3.42. The summed E-state index contributed by atoms with van der Waals surface area (Å²) >= 11 is 5.92. The van der Waals surface area contributed by atoms with Crippen LogP contribution in [0.2, 0.25) is 5.15 Å². The molecule has 0 aliphatic carbocycles. The van der Waals surface area contributed by atoms with Gasteiger partial charge in [-0.05, 0) is 30.0 Å². The molecule has 0 fully saturated rings. The first-order valence-corrected chi connectivity index (χ1v) is 7.89. The minimum Gasteiger partial charge on any atom is -0.460 e. The molecule has 3 nitrogen and oxygen atoms in total. The molecule has 1 aromatic heterocycles. The number of pyridine rings is 1. The van der Waals surface area contributed by atoms with Gasteiger partial charge in [-0.25, -0.2) is 4.98 Å². The van der Waals surface area contributed by atoms with E-state index in [0.29, 0.717) is 10.7 Å². The summed E-state index contributed by atoms with van der Waals surface area (Å²) in [6.45, 7) is 2.33. The summed E-state index contributed by atoms with van der Waals surface area (Å²) in [7, 11) is 0. The van der Waals surface area contributed by atoms with Gasteiger partial charge in [0, 0.05) is 11.8 Å². The van der Waals surface area contributed by atoms with Crippen LogP contribution < -0.4 is 0 Å². The Morgan fingerprint density at radius 1 is 1.18 bits per heavy atom. The van der Waals surface area contributed by atoms with Crippen molar-refractivity contribution in [3.05, 3.63) is 64.4 Å². The van der Waals surface area contributed by atoms with Crippen LogP contribution in [-0.2, 0) is 29.0 Å². The van der Waals surface area contributed by atoms with Gasteiger partial charge in [-0.1, -0.05) is 55.3 Å². The monoisotopic (exact) mass is 317 g/mol. The van der Waals surface area contributed by atoms with Gasteiger partial charge in [0.25, 0.3) is 0 Å². The molecule has 0 spiro atoms. The smallest absolute Gasteiger partial charge is 0.310 e. The quantitative estimate of drug-likeness (QED) is 0.562. The topological polar surface area (TPSA) is 39.2 Å². The van der Waals surface area contributed by atoms with Gasteiger partial charge >= 0.3 is 5.97 Å². The van der Waals surface area contributed by atoms with Gasteiger partial charge in [-0.15, -0.1) is 0 Å². The van der Waals surface area contributed by atoms with Crippen LogP contribution in [0.3, 0.4) is 0 Å². The molecule has 2 aromatic rings. The summed E-state index contributed by atoms with van der Waals surface area (Å²) in [5.74, 6) is -0.263. The molecule has 116 valence electrons. The number of unbranched alkanes of at least 4 members (excludes halogenated alkanes) is 1. The predicted molar refractivity (Wildman–Crippen MR) is 87.8 cm³/mol. The van der Waals surface area contributed by atoms with Crippen molar-refractivity contribution in [3.8, 4) is 0 Å². The normalized spacial score (nSPS) is 10.5. The van der Waals surface area contributed by atoms with Crippen molar-refractivity contribution >= 4 is 17.6 Å². The molecule has 1 heterocycles. The maximum atomic E-state index is 11.9. The SMILES string of the molecule is CCCCc1ccc(CC(=O)OCc2cccnc2Cl)cc1. The first kappa shape index (κ1) is 16.5. The van der Waals surface area contributed by atoms with Crippen molar-refractivity contribution in [1.29, 1.82) is 0 Å². The number of nitrogens with zero attached hydrogens (tertiary/aromatic N) is 1. The van der Waals surface area contributed by atoms with E-state index >= 15 is 0 Å². The van der Waals surface area contributed by atoms with E-state index in [1.165, 1.54) is 18.4 Å². The number of aromatic nitrogens is 1. The summed E-state index contributed by atoms with van der Waals surface area (Å²) in [5.41, 5.74) is 2.98. The molecule has 2 rings (SSSR count). The lowest BCUT2D eigenvalue weighted by Crippen LogP contribution is -2.08. The number of halogens is 1. The molecule has 0 aliphatic heterocycles. The fraction of sp³-hybridized carbons (Fsp3) is 0.333. The molecule has 0 aliphatic rings. The highest BCUT2D eigenvalue weighted by Gasteiger charge is 2.07. The molecular weight excluding hydrogens is 298 g/mol. The largest absolute Gasteiger partial charge is 0.460 e. The molecule has 0 N–H and O–H groups in total. The maximum Gasteiger partial charge on any atom is 0.310 e. The molecule has 1 aromatic carbocycles.